The molecule has 0 saturated heterocycles. The Kier molecular flexibility index (Phi) is 3.51. The topological polar surface area (TPSA) is 27.1 Å². The van der Waals surface area contributed by atoms with Crippen LogP contribution in [0.3, 0.4) is 0 Å². The van der Waals surface area contributed by atoms with Crippen LogP contribution in [-0.4, -0.2) is 16.2 Å². The van der Waals surface area contributed by atoms with Crippen molar-refractivity contribution in [2.45, 2.75) is 6.54 Å². The van der Waals surface area contributed by atoms with Gasteiger partial charge in [0.15, 0.2) is 0 Å². The summed E-state index contributed by atoms with van der Waals surface area (Å²) in [6.07, 6.45) is 5.49. The maximum Gasteiger partial charge on any atom is 0.134 e. The molecule has 0 aliphatic carbocycles. The predicted molar refractivity (Wildman–Crippen MR) is 79.4 cm³/mol. The summed E-state index contributed by atoms with van der Waals surface area (Å²) in [6, 6.07) is 12.3. The van der Waals surface area contributed by atoms with Crippen LogP contribution >= 0.6 is 15.9 Å². The Bertz CT molecular complexity index is 680. The smallest absolute Gasteiger partial charge is 0.134 e. The van der Waals surface area contributed by atoms with Crippen LogP contribution in [0.2, 0.25) is 0 Å². The minimum Gasteiger partial charge on any atom is -0.491 e. The fourth-order valence-corrected chi connectivity index (χ4v) is 2.61. The highest BCUT2D eigenvalue weighted by Gasteiger charge is 2.05. The molecule has 4 heteroatoms. The minimum atomic E-state index is 0.618. The molecule has 19 heavy (non-hydrogen) atoms. The third kappa shape index (κ3) is 2.63. The van der Waals surface area contributed by atoms with E-state index in [2.05, 4.69) is 39.1 Å². The van der Waals surface area contributed by atoms with Gasteiger partial charge in [-0.1, -0.05) is 30.3 Å². The van der Waals surface area contributed by atoms with Gasteiger partial charge in [-0.15, -0.1) is 0 Å². The molecule has 0 saturated carbocycles. The van der Waals surface area contributed by atoms with E-state index in [1.165, 1.54) is 10.8 Å². The van der Waals surface area contributed by atoms with E-state index in [9.17, 15) is 0 Å². The Morgan fingerprint density at radius 3 is 2.89 bits per heavy atom. The van der Waals surface area contributed by atoms with Crippen molar-refractivity contribution in [1.82, 2.24) is 9.55 Å². The highest BCUT2D eigenvalue weighted by molar-refractivity contribution is 9.10. The van der Waals surface area contributed by atoms with Crippen LogP contribution in [-0.2, 0) is 6.54 Å². The number of imidazole rings is 1. The molecule has 3 rings (SSSR count). The van der Waals surface area contributed by atoms with Crippen LogP contribution in [0, 0.1) is 0 Å². The monoisotopic (exact) mass is 316 g/mol. The second kappa shape index (κ2) is 5.45. The number of ether oxygens (including phenoxy) is 1. The van der Waals surface area contributed by atoms with Crippen LogP contribution in [0.5, 0.6) is 5.75 Å². The molecule has 3 nitrogen and oxygen atoms in total. The molecule has 0 fully saturated rings. The molecular formula is C15H13BrN2O. The number of nitrogens with zero attached hydrogens (tertiary/aromatic N) is 2. The van der Waals surface area contributed by atoms with Gasteiger partial charge in [-0.2, -0.15) is 0 Å². The second-order valence-corrected chi connectivity index (χ2v) is 5.04. The molecule has 0 unspecified atom stereocenters. The maximum atomic E-state index is 5.82. The van der Waals surface area contributed by atoms with Crippen molar-refractivity contribution in [3.8, 4) is 5.75 Å². The van der Waals surface area contributed by atoms with Gasteiger partial charge in [0.25, 0.3) is 0 Å². The number of hydrogen-bond acceptors (Lipinski definition) is 2. The van der Waals surface area contributed by atoms with Gasteiger partial charge >= 0.3 is 0 Å². The second-order valence-electron chi connectivity index (χ2n) is 4.25. The molecule has 0 bridgehead atoms. The van der Waals surface area contributed by atoms with Crippen LogP contribution < -0.4 is 4.74 Å². The van der Waals surface area contributed by atoms with E-state index in [1.54, 1.807) is 12.5 Å². The molecule has 2 aromatic carbocycles. The molecule has 0 radical (unpaired) electrons. The standard InChI is InChI=1S/C15H13BrN2O/c16-15-13-4-2-1-3-12(13)5-6-14(15)19-10-9-18-8-7-17-11-18/h1-8,11H,9-10H2. The van der Waals surface area contributed by atoms with Gasteiger partial charge in [0.1, 0.15) is 12.4 Å². The van der Waals surface area contributed by atoms with Gasteiger partial charge < -0.3 is 9.30 Å². The Hall–Kier alpha value is -1.81. The summed E-state index contributed by atoms with van der Waals surface area (Å²) < 4.78 is 8.83. The first-order valence-electron chi connectivity index (χ1n) is 6.10. The third-order valence-corrected chi connectivity index (χ3v) is 3.81. The molecule has 3 aromatic rings. The Morgan fingerprint density at radius 2 is 2.05 bits per heavy atom. The number of halogens is 1. The van der Waals surface area contributed by atoms with E-state index in [1.807, 2.05) is 29.0 Å². The predicted octanol–water partition coefficient (Wildman–Crippen LogP) is 3.88. The number of rotatable bonds is 4. The van der Waals surface area contributed by atoms with Crippen molar-refractivity contribution >= 4 is 26.7 Å². The van der Waals surface area contributed by atoms with Crippen LogP contribution in [0.25, 0.3) is 10.8 Å². The summed E-state index contributed by atoms with van der Waals surface area (Å²) in [4.78, 5) is 4.00. The molecule has 1 heterocycles. The first-order chi connectivity index (χ1) is 9.34. The van der Waals surface area contributed by atoms with E-state index in [0.29, 0.717) is 6.61 Å². The molecule has 0 aliphatic rings. The van der Waals surface area contributed by atoms with Crippen molar-refractivity contribution in [1.29, 1.82) is 0 Å². The number of hydrogen-bond donors (Lipinski definition) is 0. The van der Waals surface area contributed by atoms with E-state index < -0.39 is 0 Å². The molecular weight excluding hydrogens is 304 g/mol. The van der Waals surface area contributed by atoms with Gasteiger partial charge in [0, 0.05) is 12.4 Å². The first-order valence-corrected chi connectivity index (χ1v) is 6.90. The molecule has 0 aliphatic heterocycles. The van der Waals surface area contributed by atoms with Crippen LogP contribution in [0.4, 0.5) is 0 Å². The zero-order chi connectivity index (χ0) is 13.1. The van der Waals surface area contributed by atoms with E-state index in [0.717, 1.165) is 16.8 Å². The first kappa shape index (κ1) is 12.2. The molecule has 1 aromatic heterocycles. The van der Waals surface area contributed by atoms with Gasteiger partial charge in [0.2, 0.25) is 0 Å². The van der Waals surface area contributed by atoms with Gasteiger partial charge in [-0.05, 0) is 32.8 Å². The fourth-order valence-electron chi connectivity index (χ4n) is 2.01. The molecule has 0 spiro atoms. The van der Waals surface area contributed by atoms with Crippen molar-refractivity contribution in [2.24, 2.45) is 0 Å². The maximum absolute atomic E-state index is 5.82. The average molecular weight is 317 g/mol. The van der Waals surface area contributed by atoms with E-state index in [-0.39, 0.29) is 0 Å². The Morgan fingerprint density at radius 1 is 1.16 bits per heavy atom. The normalized spacial score (nSPS) is 10.8. The van der Waals surface area contributed by atoms with Crippen molar-refractivity contribution in [2.75, 3.05) is 6.61 Å². The number of aromatic nitrogens is 2. The van der Waals surface area contributed by atoms with Crippen molar-refractivity contribution in [3.63, 3.8) is 0 Å². The zero-order valence-corrected chi connectivity index (χ0v) is 11.9. The molecule has 0 N–H and O–H groups in total. The minimum absolute atomic E-state index is 0.618. The summed E-state index contributed by atoms with van der Waals surface area (Å²) in [6.45, 7) is 1.41. The average Bonchev–Trinajstić information content (AvgIpc) is 2.95. The largest absolute Gasteiger partial charge is 0.491 e. The van der Waals surface area contributed by atoms with Gasteiger partial charge in [-0.3, -0.25) is 0 Å². The summed E-state index contributed by atoms with van der Waals surface area (Å²) in [5, 5.41) is 2.37. The SMILES string of the molecule is Brc1c(OCCn2ccnc2)ccc2ccccc12. The summed E-state index contributed by atoms with van der Waals surface area (Å²) in [5.41, 5.74) is 0. The van der Waals surface area contributed by atoms with Crippen molar-refractivity contribution in [3.05, 3.63) is 59.6 Å². The summed E-state index contributed by atoms with van der Waals surface area (Å²) in [7, 11) is 0. The quantitative estimate of drug-likeness (QED) is 0.730. The lowest BCUT2D eigenvalue weighted by Gasteiger charge is -2.10. The highest BCUT2D eigenvalue weighted by atomic mass is 79.9. The molecule has 0 amide bonds. The van der Waals surface area contributed by atoms with Gasteiger partial charge in [0.05, 0.1) is 17.3 Å². The fraction of sp³-hybridized carbons (Fsp3) is 0.133. The summed E-state index contributed by atoms with van der Waals surface area (Å²) in [5.74, 6) is 0.874. The lowest BCUT2D eigenvalue weighted by molar-refractivity contribution is 0.297. The Balaban J connectivity index is 1.76. The van der Waals surface area contributed by atoms with Crippen LogP contribution in [0.15, 0.2) is 59.6 Å². The molecule has 96 valence electrons. The lowest BCUT2D eigenvalue weighted by atomic mass is 10.1. The third-order valence-electron chi connectivity index (χ3n) is 2.99. The van der Waals surface area contributed by atoms with E-state index >= 15 is 0 Å². The highest BCUT2D eigenvalue weighted by Crippen LogP contribution is 2.32. The summed E-state index contributed by atoms with van der Waals surface area (Å²) >= 11 is 3.62. The van der Waals surface area contributed by atoms with Crippen molar-refractivity contribution < 1.29 is 4.74 Å². The van der Waals surface area contributed by atoms with Crippen LogP contribution in [0.1, 0.15) is 0 Å². The zero-order valence-electron chi connectivity index (χ0n) is 10.3. The van der Waals surface area contributed by atoms with E-state index in [4.69, 9.17) is 4.74 Å². The Labute approximate surface area is 120 Å². The number of benzene rings is 2. The van der Waals surface area contributed by atoms with Gasteiger partial charge in [-0.25, -0.2) is 4.98 Å². The molecule has 0 atom stereocenters. The lowest BCUT2D eigenvalue weighted by Crippen LogP contribution is -2.06. The number of fused-ring (bicyclic) bond motifs is 1.